The number of aromatic nitrogens is 4. The molecule has 0 radical (unpaired) electrons. The van der Waals surface area contributed by atoms with Gasteiger partial charge in [0.25, 0.3) is 0 Å². The van der Waals surface area contributed by atoms with Crippen molar-refractivity contribution in [2.75, 3.05) is 29.5 Å². The van der Waals surface area contributed by atoms with Crippen LogP contribution in [0.2, 0.25) is 0 Å². The van der Waals surface area contributed by atoms with E-state index in [4.69, 9.17) is 0 Å². The number of fused-ring (bicyclic) bond motifs is 1. The fourth-order valence-electron chi connectivity index (χ4n) is 3.03. The first-order chi connectivity index (χ1) is 13.6. The van der Waals surface area contributed by atoms with Crippen LogP contribution in [0.5, 0.6) is 0 Å². The fourth-order valence-corrected chi connectivity index (χ4v) is 3.93. The first-order valence-electron chi connectivity index (χ1n) is 8.90. The van der Waals surface area contributed by atoms with Gasteiger partial charge in [0, 0.05) is 43.5 Å². The average Bonchev–Trinajstić information content (AvgIpc) is 3.04. The predicted octanol–water partition coefficient (Wildman–Crippen LogP) is 0.900. The monoisotopic (exact) mass is 402 g/mol. The lowest BCUT2D eigenvalue weighted by molar-refractivity contribution is -0.122. The number of hydrogen-bond donors (Lipinski definition) is 1. The third kappa shape index (κ3) is 3.86. The summed E-state index contributed by atoms with van der Waals surface area (Å²) in [6.07, 6.45) is 3.13. The normalized spacial score (nSPS) is 14.4. The molecule has 8 nitrogen and oxygen atoms in total. The van der Waals surface area contributed by atoms with Crippen LogP contribution in [0.3, 0.4) is 0 Å². The maximum atomic E-state index is 12.9. The van der Waals surface area contributed by atoms with Crippen LogP contribution in [-0.2, 0) is 17.9 Å². The second-order valence-corrected chi connectivity index (χ2v) is 7.61. The third-order valence-electron chi connectivity index (χ3n) is 4.49. The van der Waals surface area contributed by atoms with Crippen LogP contribution < -0.4 is 15.9 Å². The Morgan fingerprint density at radius 1 is 1.21 bits per heavy atom. The standard InChI is InChI=1S/C18H19FN6O2S/c19-14-3-1-13(2-4-14)11-21-15(26)12-25-18(27)24-6-5-20-16(17(24)22-25)23-7-9-28-10-8-23/h1-6H,7-12H2,(H,21,26). The molecule has 1 aliphatic rings. The second kappa shape index (κ2) is 8.01. The number of carbonyl (C=O) groups excluding carboxylic acids is 1. The van der Waals surface area contributed by atoms with Crippen molar-refractivity contribution in [3.05, 3.63) is 58.5 Å². The Morgan fingerprint density at radius 2 is 1.96 bits per heavy atom. The molecular formula is C18H19FN6O2S. The van der Waals surface area contributed by atoms with E-state index in [0.29, 0.717) is 11.5 Å². The van der Waals surface area contributed by atoms with E-state index in [1.807, 2.05) is 11.8 Å². The number of carbonyl (C=O) groups is 1. The molecule has 3 heterocycles. The topological polar surface area (TPSA) is 84.5 Å². The molecule has 1 N–H and O–H groups in total. The number of amides is 1. The molecule has 0 aliphatic carbocycles. The zero-order valence-corrected chi connectivity index (χ0v) is 15.9. The van der Waals surface area contributed by atoms with E-state index >= 15 is 0 Å². The van der Waals surface area contributed by atoms with E-state index in [1.165, 1.54) is 16.5 Å². The van der Waals surface area contributed by atoms with E-state index in [2.05, 4.69) is 20.3 Å². The van der Waals surface area contributed by atoms with Gasteiger partial charge in [0.2, 0.25) is 11.6 Å². The van der Waals surface area contributed by atoms with Gasteiger partial charge in [0.1, 0.15) is 12.4 Å². The zero-order valence-electron chi connectivity index (χ0n) is 15.0. The maximum absolute atomic E-state index is 12.9. The number of hydrogen-bond acceptors (Lipinski definition) is 6. The number of nitrogens with zero attached hydrogens (tertiary/aromatic N) is 5. The molecule has 2 aromatic heterocycles. The van der Waals surface area contributed by atoms with Gasteiger partial charge in [-0.1, -0.05) is 12.1 Å². The molecule has 1 aromatic carbocycles. The Balaban J connectivity index is 1.50. The predicted molar refractivity (Wildman–Crippen MR) is 105 cm³/mol. The SMILES string of the molecule is O=C(Cn1nc2c(N3CCSCC3)nccn2c1=O)NCc1ccc(F)cc1. The molecule has 1 amide bonds. The molecule has 1 fully saturated rings. The van der Waals surface area contributed by atoms with Gasteiger partial charge in [0.15, 0.2) is 5.82 Å². The van der Waals surface area contributed by atoms with Gasteiger partial charge in [0.05, 0.1) is 0 Å². The lowest BCUT2D eigenvalue weighted by Gasteiger charge is -2.27. The van der Waals surface area contributed by atoms with Crippen molar-refractivity contribution < 1.29 is 9.18 Å². The lowest BCUT2D eigenvalue weighted by Crippen LogP contribution is -2.33. The van der Waals surface area contributed by atoms with Crippen molar-refractivity contribution in [3.63, 3.8) is 0 Å². The Bertz CT molecular complexity index is 1040. The third-order valence-corrected chi connectivity index (χ3v) is 5.43. The summed E-state index contributed by atoms with van der Waals surface area (Å²) in [5.74, 6) is 1.98. The van der Waals surface area contributed by atoms with Crippen LogP contribution >= 0.6 is 11.8 Å². The summed E-state index contributed by atoms with van der Waals surface area (Å²) in [6.45, 7) is 1.74. The van der Waals surface area contributed by atoms with E-state index in [1.54, 1.807) is 24.5 Å². The van der Waals surface area contributed by atoms with Crippen LogP contribution in [0.15, 0.2) is 41.5 Å². The first-order valence-corrected chi connectivity index (χ1v) is 10.1. The van der Waals surface area contributed by atoms with Crippen LogP contribution in [0.1, 0.15) is 5.56 Å². The van der Waals surface area contributed by atoms with Crippen LogP contribution in [0.4, 0.5) is 10.2 Å². The minimum absolute atomic E-state index is 0.197. The first kappa shape index (κ1) is 18.5. The Hall–Kier alpha value is -2.88. The Labute approximate surface area is 164 Å². The highest BCUT2D eigenvalue weighted by Gasteiger charge is 2.19. The highest BCUT2D eigenvalue weighted by Crippen LogP contribution is 2.19. The molecule has 0 saturated carbocycles. The van der Waals surface area contributed by atoms with Crippen LogP contribution in [0, 0.1) is 5.82 Å². The van der Waals surface area contributed by atoms with E-state index < -0.39 is 0 Å². The molecule has 0 unspecified atom stereocenters. The Morgan fingerprint density at radius 3 is 2.71 bits per heavy atom. The molecule has 1 saturated heterocycles. The smallest absolute Gasteiger partial charge is 0.350 e. The molecule has 0 atom stereocenters. The largest absolute Gasteiger partial charge is 0.352 e. The summed E-state index contributed by atoms with van der Waals surface area (Å²) in [4.78, 5) is 31.4. The summed E-state index contributed by atoms with van der Waals surface area (Å²) in [6, 6.07) is 5.87. The van der Waals surface area contributed by atoms with Crippen molar-refractivity contribution in [1.82, 2.24) is 24.5 Å². The zero-order chi connectivity index (χ0) is 19.5. The summed E-state index contributed by atoms with van der Waals surface area (Å²) in [5.41, 5.74) is 0.833. The molecule has 10 heteroatoms. The second-order valence-electron chi connectivity index (χ2n) is 6.39. The number of nitrogens with one attached hydrogen (secondary N) is 1. The number of halogens is 1. The van der Waals surface area contributed by atoms with E-state index in [-0.39, 0.29) is 30.5 Å². The summed E-state index contributed by atoms with van der Waals surface area (Å²) >= 11 is 1.88. The van der Waals surface area contributed by atoms with Crippen molar-refractivity contribution in [2.45, 2.75) is 13.1 Å². The van der Waals surface area contributed by atoms with Crippen molar-refractivity contribution in [2.24, 2.45) is 0 Å². The molecular weight excluding hydrogens is 383 g/mol. The number of rotatable bonds is 5. The van der Waals surface area contributed by atoms with Crippen molar-refractivity contribution in [1.29, 1.82) is 0 Å². The molecule has 0 spiro atoms. The summed E-state index contributed by atoms with van der Waals surface area (Å²) in [5, 5.41) is 7.06. The van der Waals surface area contributed by atoms with Gasteiger partial charge < -0.3 is 10.2 Å². The maximum Gasteiger partial charge on any atom is 0.350 e. The van der Waals surface area contributed by atoms with Gasteiger partial charge in [-0.15, -0.1) is 5.10 Å². The highest BCUT2D eigenvalue weighted by atomic mass is 32.2. The molecule has 4 rings (SSSR count). The fraction of sp³-hybridized carbons (Fsp3) is 0.333. The van der Waals surface area contributed by atoms with Crippen LogP contribution in [0.25, 0.3) is 5.65 Å². The van der Waals surface area contributed by atoms with Gasteiger partial charge >= 0.3 is 5.69 Å². The van der Waals surface area contributed by atoms with Gasteiger partial charge in [-0.25, -0.2) is 23.3 Å². The molecule has 3 aromatic rings. The summed E-state index contributed by atoms with van der Waals surface area (Å²) < 4.78 is 15.5. The Kier molecular flexibility index (Phi) is 5.29. The number of thioether (sulfide) groups is 1. The molecule has 1 aliphatic heterocycles. The lowest BCUT2D eigenvalue weighted by atomic mass is 10.2. The highest BCUT2D eigenvalue weighted by molar-refractivity contribution is 7.99. The van der Waals surface area contributed by atoms with E-state index in [0.717, 1.165) is 34.8 Å². The average molecular weight is 402 g/mol. The van der Waals surface area contributed by atoms with Crippen molar-refractivity contribution >= 4 is 29.1 Å². The quantitative estimate of drug-likeness (QED) is 0.683. The van der Waals surface area contributed by atoms with Crippen molar-refractivity contribution in [3.8, 4) is 0 Å². The number of anilines is 1. The van der Waals surface area contributed by atoms with Gasteiger partial charge in [-0.05, 0) is 17.7 Å². The van der Waals surface area contributed by atoms with E-state index in [9.17, 15) is 14.0 Å². The van der Waals surface area contributed by atoms with Gasteiger partial charge in [-0.2, -0.15) is 11.8 Å². The molecule has 28 heavy (non-hydrogen) atoms. The van der Waals surface area contributed by atoms with Crippen LogP contribution in [-0.4, -0.2) is 49.7 Å². The van der Waals surface area contributed by atoms with Gasteiger partial charge in [-0.3, -0.25) is 4.79 Å². The number of benzene rings is 1. The molecule has 0 bridgehead atoms. The summed E-state index contributed by atoms with van der Waals surface area (Å²) in [7, 11) is 0. The minimum atomic E-state index is -0.387. The molecule has 146 valence electrons. The minimum Gasteiger partial charge on any atom is -0.352 e.